The van der Waals surface area contributed by atoms with E-state index in [0.717, 1.165) is 85.0 Å². The molecule has 0 bridgehead atoms. The molecule has 2 aliphatic heterocycles. The zero-order chi connectivity index (χ0) is 39.0. The van der Waals surface area contributed by atoms with E-state index in [1.54, 1.807) is 0 Å². The first kappa shape index (κ1) is 41.9. The van der Waals surface area contributed by atoms with E-state index in [1.807, 2.05) is 53.1 Å². The predicted octanol–water partition coefficient (Wildman–Crippen LogP) is 9.80. The fourth-order valence-corrected chi connectivity index (χ4v) is 8.50. The topological polar surface area (TPSA) is 109 Å². The first-order chi connectivity index (χ1) is 27.5. The Hall–Kier alpha value is -3.76. The Morgan fingerprint density at radius 3 is 2.04 bits per heavy atom. The molecule has 3 unspecified atom stereocenters. The molecule has 2 aliphatic rings. The number of nitrogens with one attached hydrogen (secondary N) is 2. The number of hydrogen-bond donors (Lipinski definition) is 3. The zero-order valence-electron chi connectivity index (χ0n) is 33.8. The van der Waals surface area contributed by atoms with Crippen LogP contribution in [0.1, 0.15) is 157 Å². The largest absolute Gasteiger partial charge is 0.392 e. The highest BCUT2D eigenvalue weighted by atomic mass is 16.7. The molecule has 9 nitrogen and oxygen atoms in total. The summed E-state index contributed by atoms with van der Waals surface area (Å²) in [5.74, 6) is 0.117. The molecule has 1 amide bonds. The SMILES string of the molecule is CCCCCCCCCCCCCCCC(=O)NCc1ccc(C2OC(CN3CCC(n4c(=O)[nH]c5ccccc54)CC3)CC(c3ccc(CO)cc3)O2)cc1. The third kappa shape index (κ3) is 12.4. The van der Waals surface area contributed by atoms with Crippen LogP contribution in [0.5, 0.6) is 0 Å². The molecule has 0 radical (unpaired) electrons. The van der Waals surface area contributed by atoms with Crippen molar-refractivity contribution in [2.24, 2.45) is 0 Å². The Labute approximate surface area is 334 Å². The number of carbonyl (C=O) groups is 1. The standard InChI is InChI=1S/C47H66N4O5/c1-2-3-4-5-6-7-8-9-10-11-12-13-14-19-45(53)48-33-36-20-26-39(27-21-36)46-55-41(32-44(56-46)38-24-22-37(35-52)23-25-38)34-50-30-28-40(29-31-50)51-43-18-16-15-17-42(43)49-47(51)54/h15-18,20-27,40-41,44,46,52H,2-14,19,28-35H2,1H3,(H,48,53)(H,49,54). The normalized spacial score (nSPS) is 19.4. The number of benzene rings is 3. The Balaban J connectivity index is 0.949. The number of unbranched alkanes of at least 4 members (excludes halogenated alkanes) is 12. The van der Waals surface area contributed by atoms with E-state index in [4.69, 9.17) is 9.47 Å². The lowest BCUT2D eigenvalue weighted by atomic mass is 9.98. The van der Waals surface area contributed by atoms with Crippen molar-refractivity contribution < 1.29 is 19.4 Å². The van der Waals surface area contributed by atoms with Crippen LogP contribution in [-0.2, 0) is 27.4 Å². The molecule has 4 aromatic rings. The number of ether oxygens (including phenoxy) is 2. The molecule has 3 aromatic carbocycles. The van der Waals surface area contributed by atoms with Gasteiger partial charge in [0.2, 0.25) is 5.91 Å². The molecule has 6 rings (SSSR count). The van der Waals surface area contributed by atoms with Gasteiger partial charge in [0.15, 0.2) is 6.29 Å². The van der Waals surface area contributed by atoms with E-state index >= 15 is 0 Å². The number of fused-ring (bicyclic) bond motifs is 1. The Kier molecular flexibility index (Phi) is 16.6. The average Bonchev–Trinajstić information content (AvgIpc) is 3.57. The summed E-state index contributed by atoms with van der Waals surface area (Å²) >= 11 is 0. The molecule has 56 heavy (non-hydrogen) atoms. The molecule has 0 aliphatic carbocycles. The summed E-state index contributed by atoms with van der Waals surface area (Å²) in [4.78, 5) is 30.9. The van der Waals surface area contributed by atoms with Gasteiger partial charge in [-0.25, -0.2) is 4.79 Å². The number of piperidine rings is 1. The molecule has 0 saturated carbocycles. The number of hydrogen-bond acceptors (Lipinski definition) is 6. The van der Waals surface area contributed by atoms with Crippen molar-refractivity contribution in [3.63, 3.8) is 0 Å². The van der Waals surface area contributed by atoms with Crippen LogP contribution in [0.4, 0.5) is 0 Å². The monoisotopic (exact) mass is 767 g/mol. The number of amides is 1. The van der Waals surface area contributed by atoms with Crippen molar-refractivity contribution in [3.8, 4) is 0 Å². The number of aliphatic hydroxyl groups is 1. The number of carbonyl (C=O) groups excluding carboxylic acids is 1. The minimum atomic E-state index is -0.530. The average molecular weight is 767 g/mol. The van der Waals surface area contributed by atoms with Crippen LogP contribution in [0.2, 0.25) is 0 Å². The van der Waals surface area contributed by atoms with Crippen LogP contribution in [-0.4, -0.2) is 51.2 Å². The van der Waals surface area contributed by atoms with Gasteiger partial charge in [-0.05, 0) is 48.1 Å². The smallest absolute Gasteiger partial charge is 0.326 e. The first-order valence-corrected chi connectivity index (χ1v) is 21.8. The number of para-hydroxylation sites is 2. The predicted molar refractivity (Wildman–Crippen MR) is 224 cm³/mol. The van der Waals surface area contributed by atoms with Crippen LogP contribution in [0.3, 0.4) is 0 Å². The van der Waals surface area contributed by atoms with Crippen molar-refractivity contribution in [2.75, 3.05) is 19.6 Å². The molecule has 0 spiro atoms. The molecule has 3 heterocycles. The van der Waals surface area contributed by atoms with Crippen LogP contribution in [0, 0.1) is 0 Å². The van der Waals surface area contributed by atoms with E-state index in [1.165, 1.54) is 70.6 Å². The van der Waals surface area contributed by atoms with Gasteiger partial charge >= 0.3 is 5.69 Å². The van der Waals surface area contributed by atoms with Crippen LogP contribution in [0.25, 0.3) is 11.0 Å². The molecular formula is C47H66N4O5. The van der Waals surface area contributed by atoms with Crippen molar-refractivity contribution >= 4 is 16.9 Å². The van der Waals surface area contributed by atoms with Crippen molar-refractivity contribution in [3.05, 3.63) is 106 Å². The van der Waals surface area contributed by atoms with Gasteiger partial charge in [-0.2, -0.15) is 0 Å². The van der Waals surface area contributed by atoms with Gasteiger partial charge in [0, 0.05) is 50.6 Å². The Bertz CT molecular complexity index is 1790. The van der Waals surface area contributed by atoms with E-state index < -0.39 is 6.29 Å². The quantitative estimate of drug-likeness (QED) is 0.0688. The summed E-state index contributed by atoms with van der Waals surface area (Å²) in [5.41, 5.74) is 5.77. The third-order valence-electron chi connectivity index (χ3n) is 11.9. The number of aromatic nitrogens is 2. The maximum Gasteiger partial charge on any atom is 0.326 e. The van der Waals surface area contributed by atoms with Crippen LogP contribution in [0.15, 0.2) is 77.6 Å². The molecular weight excluding hydrogens is 701 g/mol. The lowest BCUT2D eigenvalue weighted by Crippen LogP contribution is -2.43. The van der Waals surface area contributed by atoms with E-state index in [0.29, 0.717) is 13.0 Å². The number of imidazole rings is 1. The maximum atomic E-state index is 12.9. The zero-order valence-corrected chi connectivity index (χ0v) is 33.8. The van der Waals surface area contributed by atoms with E-state index in [9.17, 15) is 14.7 Å². The Morgan fingerprint density at radius 2 is 1.38 bits per heavy atom. The highest BCUT2D eigenvalue weighted by Crippen LogP contribution is 2.39. The number of likely N-dealkylation sites (tertiary alicyclic amines) is 1. The van der Waals surface area contributed by atoms with Gasteiger partial charge in [-0.1, -0.05) is 145 Å². The van der Waals surface area contributed by atoms with Gasteiger partial charge in [0.05, 0.1) is 29.8 Å². The van der Waals surface area contributed by atoms with Crippen molar-refractivity contribution in [1.82, 2.24) is 19.8 Å². The summed E-state index contributed by atoms with van der Waals surface area (Å²) in [6.07, 6.45) is 19.3. The summed E-state index contributed by atoms with van der Waals surface area (Å²) < 4.78 is 15.2. The second-order valence-electron chi connectivity index (χ2n) is 16.2. The molecule has 2 saturated heterocycles. The summed E-state index contributed by atoms with van der Waals surface area (Å²) in [7, 11) is 0. The second-order valence-corrected chi connectivity index (χ2v) is 16.2. The van der Waals surface area contributed by atoms with Crippen molar-refractivity contribution in [2.45, 2.75) is 154 Å². The number of rotatable bonds is 22. The molecule has 304 valence electrons. The third-order valence-corrected chi connectivity index (χ3v) is 11.9. The lowest BCUT2D eigenvalue weighted by Gasteiger charge is -2.40. The molecule has 2 fully saturated rings. The number of nitrogens with zero attached hydrogens (tertiary/aromatic N) is 2. The van der Waals surface area contributed by atoms with E-state index in [2.05, 4.69) is 46.4 Å². The Morgan fingerprint density at radius 1 is 0.768 bits per heavy atom. The minimum Gasteiger partial charge on any atom is -0.392 e. The fraction of sp³-hybridized carbons (Fsp3) is 0.574. The van der Waals surface area contributed by atoms with Crippen LogP contribution >= 0.6 is 0 Å². The summed E-state index contributed by atoms with van der Waals surface area (Å²) in [6, 6.07) is 24.3. The van der Waals surface area contributed by atoms with Crippen LogP contribution < -0.4 is 11.0 Å². The molecule has 1 aromatic heterocycles. The lowest BCUT2D eigenvalue weighted by molar-refractivity contribution is -0.253. The van der Waals surface area contributed by atoms with Gasteiger partial charge in [-0.3, -0.25) is 9.36 Å². The van der Waals surface area contributed by atoms with Gasteiger partial charge in [0.1, 0.15) is 0 Å². The number of H-pyrrole nitrogens is 1. The number of aromatic amines is 1. The molecule has 9 heteroatoms. The highest BCUT2D eigenvalue weighted by Gasteiger charge is 2.34. The first-order valence-electron chi connectivity index (χ1n) is 21.8. The highest BCUT2D eigenvalue weighted by molar-refractivity contribution is 5.76. The minimum absolute atomic E-state index is 0.00698. The molecule has 3 N–H and O–H groups in total. The summed E-state index contributed by atoms with van der Waals surface area (Å²) in [6.45, 7) is 5.34. The second kappa shape index (κ2) is 22.3. The van der Waals surface area contributed by atoms with Gasteiger partial charge in [0.25, 0.3) is 0 Å². The maximum absolute atomic E-state index is 12.9. The van der Waals surface area contributed by atoms with Gasteiger partial charge < -0.3 is 29.8 Å². The van der Waals surface area contributed by atoms with Gasteiger partial charge in [-0.15, -0.1) is 0 Å². The van der Waals surface area contributed by atoms with Crippen molar-refractivity contribution in [1.29, 1.82) is 0 Å². The number of aliphatic hydroxyl groups excluding tert-OH is 1. The van der Waals surface area contributed by atoms with E-state index in [-0.39, 0.29) is 36.5 Å². The fourth-order valence-electron chi connectivity index (χ4n) is 8.50. The summed E-state index contributed by atoms with van der Waals surface area (Å²) in [5, 5.41) is 12.7. The molecule has 3 atom stereocenters.